The van der Waals surface area contributed by atoms with Gasteiger partial charge in [-0.05, 0) is 36.8 Å². The van der Waals surface area contributed by atoms with Crippen LogP contribution in [0.5, 0.6) is 11.5 Å². The number of halogens is 2. The molecule has 0 aliphatic heterocycles. The number of alkyl halides is 2. The van der Waals surface area contributed by atoms with E-state index in [1.54, 1.807) is 18.5 Å². The average Bonchev–Trinajstić information content (AvgIpc) is 3.46. The van der Waals surface area contributed by atoms with E-state index in [-0.39, 0.29) is 11.5 Å². The highest BCUT2D eigenvalue weighted by atomic mass is 32.2. The van der Waals surface area contributed by atoms with Crippen LogP contribution >= 0.6 is 11.8 Å². The largest absolute Gasteiger partial charge is 0.493 e. The number of benzene rings is 1. The summed E-state index contributed by atoms with van der Waals surface area (Å²) in [6, 6.07) is 8.22. The highest BCUT2D eigenvalue weighted by molar-refractivity contribution is 7.98. The maximum atomic E-state index is 12.5. The van der Waals surface area contributed by atoms with Gasteiger partial charge >= 0.3 is 6.61 Å². The van der Waals surface area contributed by atoms with Gasteiger partial charge in [0.25, 0.3) is 0 Å². The van der Waals surface area contributed by atoms with Crippen molar-refractivity contribution in [2.45, 2.75) is 37.4 Å². The summed E-state index contributed by atoms with van der Waals surface area (Å²) in [6.45, 7) is -0.108. The van der Waals surface area contributed by atoms with E-state index in [4.69, 9.17) is 9.26 Å². The summed E-state index contributed by atoms with van der Waals surface area (Å²) in [4.78, 5) is 8.44. The Balaban J connectivity index is 1.49. The van der Waals surface area contributed by atoms with E-state index in [2.05, 4.69) is 37.0 Å². The highest BCUT2D eigenvalue weighted by Crippen LogP contribution is 2.33. The Hall–Kier alpha value is -3.54. The summed E-state index contributed by atoms with van der Waals surface area (Å²) in [7, 11) is 1.36. The van der Waals surface area contributed by atoms with E-state index in [0.717, 1.165) is 29.5 Å². The number of hydrogen-bond donors (Lipinski definition) is 0. The summed E-state index contributed by atoms with van der Waals surface area (Å²) in [6.07, 6.45) is 4.35. The van der Waals surface area contributed by atoms with Gasteiger partial charge in [0.05, 0.1) is 12.9 Å². The Morgan fingerprint density at radius 1 is 1.09 bits per heavy atom. The lowest BCUT2D eigenvalue weighted by atomic mass is 10.2. The van der Waals surface area contributed by atoms with E-state index in [0.29, 0.717) is 23.0 Å². The molecule has 4 aromatic rings. The zero-order valence-corrected chi connectivity index (χ0v) is 18.6. The lowest BCUT2D eigenvalue weighted by Crippen LogP contribution is -2.03. The fourth-order valence-electron chi connectivity index (χ4n) is 3.09. The topological polar surface area (TPSA) is 101 Å². The van der Waals surface area contributed by atoms with Crippen molar-refractivity contribution in [3.05, 3.63) is 48.6 Å². The number of nitrogens with zero attached hydrogens (tertiary/aromatic N) is 6. The van der Waals surface area contributed by atoms with Crippen molar-refractivity contribution in [1.82, 2.24) is 29.9 Å². The zero-order valence-electron chi connectivity index (χ0n) is 17.8. The molecule has 0 spiro atoms. The molecule has 172 valence electrons. The van der Waals surface area contributed by atoms with E-state index < -0.39 is 6.61 Å². The second kappa shape index (κ2) is 10.4. The van der Waals surface area contributed by atoms with Gasteiger partial charge in [-0.2, -0.15) is 13.8 Å². The van der Waals surface area contributed by atoms with E-state index in [9.17, 15) is 8.78 Å². The molecule has 33 heavy (non-hydrogen) atoms. The third-order valence-corrected chi connectivity index (χ3v) is 5.48. The maximum absolute atomic E-state index is 12.5. The number of pyridine rings is 1. The summed E-state index contributed by atoms with van der Waals surface area (Å²) in [5.41, 5.74) is 1.48. The molecule has 0 saturated heterocycles. The van der Waals surface area contributed by atoms with Crippen LogP contribution in [0.1, 0.15) is 19.2 Å². The Bertz CT molecular complexity index is 1200. The van der Waals surface area contributed by atoms with Crippen LogP contribution in [0.25, 0.3) is 22.8 Å². The smallest absolute Gasteiger partial charge is 0.387 e. The normalized spacial score (nSPS) is 11.2. The molecule has 4 rings (SSSR count). The van der Waals surface area contributed by atoms with Crippen LogP contribution in [0.15, 0.2) is 52.4 Å². The summed E-state index contributed by atoms with van der Waals surface area (Å²) in [5, 5.41) is 13.4. The third-order valence-electron chi connectivity index (χ3n) is 4.53. The van der Waals surface area contributed by atoms with E-state index >= 15 is 0 Å². The van der Waals surface area contributed by atoms with E-state index in [1.807, 2.05) is 16.7 Å². The van der Waals surface area contributed by atoms with Crippen LogP contribution in [-0.2, 0) is 12.3 Å². The van der Waals surface area contributed by atoms with Gasteiger partial charge in [0.2, 0.25) is 11.7 Å². The van der Waals surface area contributed by atoms with E-state index in [1.165, 1.54) is 31.0 Å². The van der Waals surface area contributed by atoms with Crippen LogP contribution in [0, 0.1) is 0 Å². The van der Waals surface area contributed by atoms with Gasteiger partial charge in [-0.25, -0.2) is 0 Å². The van der Waals surface area contributed by atoms with Gasteiger partial charge in [-0.1, -0.05) is 23.8 Å². The molecule has 9 nitrogen and oxygen atoms in total. The van der Waals surface area contributed by atoms with Gasteiger partial charge in [0, 0.05) is 30.1 Å². The molecule has 1 aromatic carbocycles. The third kappa shape index (κ3) is 5.28. The quantitative estimate of drug-likeness (QED) is 0.303. The Morgan fingerprint density at radius 3 is 2.64 bits per heavy atom. The van der Waals surface area contributed by atoms with Gasteiger partial charge in [-0.3, -0.25) is 4.98 Å². The first kappa shape index (κ1) is 22.6. The predicted molar refractivity (Wildman–Crippen MR) is 116 cm³/mol. The molecule has 0 N–H and O–H groups in total. The molecule has 0 atom stereocenters. The Morgan fingerprint density at radius 2 is 1.91 bits per heavy atom. The van der Waals surface area contributed by atoms with Crippen molar-refractivity contribution in [2.75, 3.05) is 7.11 Å². The number of ether oxygens (including phenoxy) is 2. The first-order valence-electron chi connectivity index (χ1n) is 10.0. The molecule has 0 saturated carbocycles. The number of thioether (sulfide) groups is 1. The summed E-state index contributed by atoms with van der Waals surface area (Å²) in [5.74, 6) is 1.92. The monoisotopic (exact) mass is 474 g/mol. The van der Waals surface area contributed by atoms with Crippen molar-refractivity contribution >= 4 is 11.8 Å². The predicted octanol–water partition coefficient (Wildman–Crippen LogP) is 4.70. The maximum Gasteiger partial charge on any atom is 0.387 e. The van der Waals surface area contributed by atoms with Gasteiger partial charge < -0.3 is 18.6 Å². The first-order chi connectivity index (χ1) is 16.1. The van der Waals surface area contributed by atoms with Crippen molar-refractivity contribution in [1.29, 1.82) is 0 Å². The number of methoxy groups -OCH3 is 1. The van der Waals surface area contributed by atoms with Crippen LogP contribution < -0.4 is 9.47 Å². The molecule has 12 heteroatoms. The second-order valence-electron chi connectivity index (χ2n) is 6.74. The molecule has 0 fully saturated rings. The Kier molecular flexibility index (Phi) is 7.13. The lowest BCUT2D eigenvalue weighted by molar-refractivity contribution is -0.0512. The van der Waals surface area contributed by atoms with Crippen molar-refractivity contribution in [2.24, 2.45) is 0 Å². The van der Waals surface area contributed by atoms with Crippen molar-refractivity contribution < 1.29 is 22.8 Å². The number of hydrogen-bond acceptors (Lipinski definition) is 9. The fraction of sp³-hybridized carbons (Fsp3) is 0.286. The Labute approximate surface area is 192 Å². The standard InChI is InChI=1S/C21H20F2N6O3S/c1-3-10-29-19(13-6-8-24-9-7-13)26-27-21(29)33-12-17-25-18(28-32-17)14-4-5-15(31-20(22)23)16(11-14)30-2/h4-9,11,20H,3,10,12H2,1-2H3. The molecule has 0 bridgehead atoms. The minimum atomic E-state index is -2.95. The lowest BCUT2D eigenvalue weighted by Gasteiger charge is -2.10. The molecule has 0 amide bonds. The SMILES string of the molecule is CCCn1c(SCc2nc(-c3ccc(OC(F)F)c(OC)c3)no2)nnc1-c1ccncc1. The van der Waals surface area contributed by atoms with Gasteiger partial charge in [0.15, 0.2) is 22.5 Å². The van der Waals surface area contributed by atoms with Crippen LogP contribution in [-0.4, -0.2) is 43.6 Å². The first-order valence-corrected chi connectivity index (χ1v) is 11.0. The van der Waals surface area contributed by atoms with Gasteiger partial charge in [-0.15, -0.1) is 10.2 Å². The molecular weight excluding hydrogens is 454 g/mol. The number of rotatable bonds is 10. The molecule has 0 aliphatic carbocycles. The average molecular weight is 474 g/mol. The summed E-state index contributed by atoms with van der Waals surface area (Å²) >= 11 is 1.43. The van der Waals surface area contributed by atoms with Gasteiger partial charge in [0.1, 0.15) is 0 Å². The minimum Gasteiger partial charge on any atom is -0.493 e. The molecule has 0 radical (unpaired) electrons. The molecule has 3 heterocycles. The van der Waals surface area contributed by atoms with Crippen LogP contribution in [0.4, 0.5) is 8.78 Å². The molecule has 0 unspecified atom stereocenters. The number of aromatic nitrogens is 6. The van der Waals surface area contributed by atoms with Crippen LogP contribution in [0.2, 0.25) is 0 Å². The second-order valence-corrected chi connectivity index (χ2v) is 7.68. The van der Waals surface area contributed by atoms with Crippen molar-refractivity contribution in [3.8, 4) is 34.3 Å². The zero-order chi connectivity index (χ0) is 23.2. The summed E-state index contributed by atoms with van der Waals surface area (Å²) < 4.78 is 42.0. The van der Waals surface area contributed by atoms with Crippen molar-refractivity contribution in [3.63, 3.8) is 0 Å². The minimum absolute atomic E-state index is 0.0733. The van der Waals surface area contributed by atoms with Crippen LogP contribution in [0.3, 0.4) is 0 Å². The molecular formula is C21H20F2N6O3S. The molecule has 3 aromatic heterocycles. The highest BCUT2D eigenvalue weighted by Gasteiger charge is 2.17. The fourth-order valence-corrected chi connectivity index (χ4v) is 3.89. The molecule has 0 aliphatic rings.